The van der Waals surface area contributed by atoms with Crippen molar-refractivity contribution in [3.63, 3.8) is 0 Å². The molecule has 0 bridgehead atoms. The SMILES string of the molecule is Cc1ccc(CN2C[C@@H](C(=O)Nc3ccc(F)cc3C)CC2=O)cc1. The summed E-state index contributed by atoms with van der Waals surface area (Å²) in [5.41, 5.74) is 3.46. The zero-order chi connectivity index (χ0) is 18.0. The van der Waals surface area contributed by atoms with Gasteiger partial charge in [0.2, 0.25) is 11.8 Å². The van der Waals surface area contributed by atoms with Crippen LogP contribution >= 0.6 is 0 Å². The monoisotopic (exact) mass is 340 g/mol. The van der Waals surface area contributed by atoms with Crippen molar-refractivity contribution < 1.29 is 14.0 Å². The molecule has 1 aliphatic heterocycles. The molecule has 5 heteroatoms. The summed E-state index contributed by atoms with van der Waals surface area (Å²) in [5.74, 6) is -0.941. The van der Waals surface area contributed by atoms with Crippen molar-refractivity contribution in [2.45, 2.75) is 26.8 Å². The van der Waals surface area contributed by atoms with E-state index in [1.54, 1.807) is 17.9 Å². The first-order chi connectivity index (χ1) is 11.9. The van der Waals surface area contributed by atoms with Gasteiger partial charge in [0.25, 0.3) is 0 Å². The third-order valence-electron chi connectivity index (χ3n) is 4.53. The molecule has 2 aromatic rings. The average molecular weight is 340 g/mol. The van der Waals surface area contributed by atoms with E-state index in [1.165, 1.54) is 17.7 Å². The molecule has 1 aliphatic rings. The van der Waals surface area contributed by atoms with E-state index in [9.17, 15) is 14.0 Å². The number of hydrogen-bond acceptors (Lipinski definition) is 2. The van der Waals surface area contributed by atoms with E-state index in [2.05, 4.69) is 5.32 Å². The lowest BCUT2D eigenvalue weighted by molar-refractivity contribution is -0.128. The minimum Gasteiger partial charge on any atom is -0.338 e. The fourth-order valence-electron chi connectivity index (χ4n) is 3.02. The number of amides is 2. The van der Waals surface area contributed by atoms with Crippen molar-refractivity contribution >= 4 is 17.5 Å². The van der Waals surface area contributed by atoms with Crippen LogP contribution in [0.25, 0.3) is 0 Å². The van der Waals surface area contributed by atoms with Gasteiger partial charge in [-0.2, -0.15) is 0 Å². The van der Waals surface area contributed by atoms with Gasteiger partial charge in [-0.15, -0.1) is 0 Å². The first kappa shape index (κ1) is 17.1. The first-order valence-corrected chi connectivity index (χ1v) is 8.32. The number of aryl methyl sites for hydroxylation is 2. The number of carbonyl (C=O) groups is 2. The standard InChI is InChI=1S/C20H21FN2O2/c1-13-3-5-15(6-4-13)11-23-12-16(10-19(23)24)20(25)22-18-8-7-17(21)9-14(18)2/h3-9,16H,10-12H2,1-2H3,(H,22,25)/t16-/m0/s1. The lowest BCUT2D eigenvalue weighted by atomic mass is 10.1. The van der Waals surface area contributed by atoms with Crippen LogP contribution in [0.3, 0.4) is 0 Å². The second-order valence-electron chi connectivity index (χ2n) is 6.61. The highest BCUT2D eigenvalue weighted by molar-refractivity contribution is 5.97. The van der Waals surface area contributed by atoms with Gasteiger partial charge >= 0.3 is 0 Å². The Morgan fingerprint density at radius 2 is 1.92 bits per heavy atom. The molecule has 0 saturated carbocycles. The summed E-state index contributed by atoms with van der Waals surface area (Å²) in [5, 5.41) is 2.81. The molecular formula is C20H21FN2O2. The minimum absolute atomic E-state index is 0.0171. The predicted molar refractivity (Wildman–Crippen MR) is 94.5 cm³/mol. The van der Waals surface area contributed by atoms with Crippen LogP contribution in [0.4, 0.5) is 10.1 Å². The minimum atomic E-state index is -0.387. The number of hydrogen-bond donors (Lipinski definition) is 1. The maximum atomic E-state index is 13.2. The molecule has 25 heavy (non-hydrogen) atoms. The molecule has 0 aliphatic carbocycles. The molecule has 1 heterocycles. The van der Waals surface area contributed by atoms with Crippen LogP contribution in [0.1, 0.15) is 23.1 Å². The van der Waals surface area contributed by atoms with Gasteiger partial charge in [0, 0.05) is 25.2 Å². The highest BCUT2D eigenvalue weighted by atomic mass is 19.1. The summed E-state index contributed by atoms with van der Waals surface area (Å²) in [6.45, 7) is 4.67. The first-order valence-electron chi connectivity index (χ1n) is 8.32. The molecule has 4 nitrogen and oxygen atoms in total. The van der Waals surface area contributed by atoms with Gasteiger partial charge in [-0.1, -0.05) is 29.8 Å². The number of likely N-dealkylation sites (tertiary alicyclic amines) is 1. The zero-order valence-corrected chi connectivity index (χ0v) is 14.4. The molecule has 2 amide bonds. The van der Waals surface area contributed by atoms with Gasteiger partial charge < -0.3 is 10.2 Å². The van der Waals surface area contributed by atoms with Crippen LogP contribution in [0.15, 0.2) is 42.5 Å². The molecule has 3 rings (SSSR count). The lowest BCUT2D eigenvalue weighted by Crippen LogP contribution is -2.28. The summed E-state index contributed by atoms with van der Waals surface area (Å²) in [6, 6.07) is 12.2. The summed E-state index contributed by atoms with van der Waals surface area (Å²) >= 11 is 0. The summed E-state index contributed by atoms with van der Waals surface area (Å²) in [7, 11) is 0. The van der Waals surface area contributed by atoms with Gasteiger partial charge in [-0.25, -0.2) is 4.39 Å². The third kappa shape index (κ3) is 4.05. The third-order valence-corrected chi connectivity index (χ3v) is 4.53. The second-order valence-corrected chi connectivity index (χ2v) is 6.61. The number of anilines is 1. The van der Waals surface area contributed by atoms with E-state index in [1.807, 2.05) is 31.2 Å². The summed E-state index contributed by atoms with van der Waals surface area (Å²) in [4.78, 5) is 26.4. The molecule has 1 saturated heterocycles. The second kappa shape index (κ2) is 7.05. The Morgan fingerprint density at radius 1 is 1.20 bits per heavy atom. The quantitative estimate of drug-likeness (QED) is 0.927. The molecule has 0 aromatic heterocycles. The van der Waals surface area contributed by atoms with E-state index in [4.69, 9.17) is 0 Å². The van der Waals surface area contributed by atoms with E-state index < -0.39 is 0 Å². The van der Waals surface area contributed by atoms with Crippen molar-refractivity contribution in [3.05, 3.63) is 65.0 Å². The van der Waals surface area contributed by atoms with Gasteiger partial charge in [0.1, 0.15) is 5.82 Å². The molecule has 0 radical (unpaired) electrons. The number of carbonyl (C=O) groups excluding carboxylic acids is 2. The maximum Gasteiger partial charge on any atom is 0.229 e. The average Bonchev–Trinajstić information content (AvgIpc) is 2.93. The van der Waals surface area contributed by atoms with E-state index in [0.29, 0.717) is 24.3 Å². The Morgan fingerprint density at radius 3 is 2.60 bits per heavy atom. The van der Waals surface area contributed by atoms with Crippen molar-refractivity contribution in [2.24, 2.45) is 5.92 Å². The molecule has 1 atom stereocenters. The molecule has 1 fully saturated rings. The van der Waals surface area contributed by atoms with E-state index in [0.717, 1.165) is 5.56 Å². The lowest BCUT2D eigenvalue weighted by Gasteiger charge is -2.17. The molecule has 1 N–H and O–H groups in total. The summed E-state index contributed by atoms with van der Waals surface area (Å²) < 4.78 is 13.2. The molecule has 2 aromatic carbocycles. The smallest absolute Gasteiger partial charge is 0.229 e. The fraction of sp³-hybridized carbons (Fsp3) is 0.300. The molecular weight excluding hydrogens is 319 g/mol. The Bertz CT molecular complexity index is 802. The Balaban J connectivity index is 1.63. The summed E-state index contributed by atoms with van der Waals surface area (Å²) in [6.07, 6.45) is 0.206. The van der Waals surface area contributed by atoms with Crippen LogP contribution in [-0.2, 0) is 16.1 Å². The molecule has 0 unspecified atom stereocenters. The molecule has 0 spiro atoms. The van der Waals surface area contributed by atoms with Crippen LogP contribution in [0, 0.1) is 25.6 Å². The number of benzene rings is 2. The van der Waals surface area contributed by atoms with Crippen LogP contribution in [-0.4, -0.2) is 23.3 Å². The number of nitrogens with one attached hydrogen (secondary N) is 1. The highest BCUT2D eigenvalue weighted by Gasteiger charge is 2.34. The number of rotatable bonds is 4. The van der Waals surface area contributed by atoms with Crippen molar-refractivity contribution in [2.75, 3.05) is 11.9 Å². The van der Waals surface area contributed by atoms with Crippen molar-refractivity contribution in [1.29, 1.82) is 0 Å². The topological polar surface area (TPSA) is 49.4 Å². The van der Waals surface area contributed by atoms with Gasteiger partial charge in [0.15, 0.2) is 0 Å². The Hall–Kier alpha value is -2.69. The van der Waals surface area contributed by atoms with Crippen molar-refractivity contribution in [3.8, 4) is 0 Å². The van der Waals surface area contributed by atoms with Gasteiger partial charge in [0.05, 0.1) is 5.92 Å². The van der Waals surface area contributed by atoms with Crippen molar-refractivity contribution in [1.82, 2.24) is 4.90 Å². The number of halogens is 1. The van der Waals surface area contributed by atoms with Crippen LogP contribution < -0.4 is 5.32 Å². The predicted octanol–water partition coefficient (Wildman–Crippen LogP) is 3.43. The van der Waals surface area contributed by atoms with E-state index >= 15 is 0 Å². The Labute approximate surface area is 146 Å². The van der Waals surface area contributed by atoms with E-state index in [-0.39, 0.29) is 30.0 Å². The van der Waals surface area contributed by atoms with Gasteiger partial charge in [-0.05, 0) is 43.2 Å². The van der Waals surface area contributed by atoms with Crippen LogP contribution in [0.5, 0.6) is 0 Å². The largest absolute Gasteiger partial charge is 0.338 e. The number of nitrogens with zero attached hydrogens (tertiary/aromatic N) is 1. The van der Waals surface area contributed by atoms with Crippen LogP contribution in [0.2, 0.25) is 0 Å². The maximum absolute atomic E-state index is 13.2. The zero-order valence-electron chi connectivity index (χ0n) is 14.4. The fourth-order valence-corrected chi connectivity index (χ4v) is 3.02. The highest BCUT2D eigenvalue weighted by Crippen LogP contribution is 2.23. The normalized spacial score (nSPS) is 17.0. The van der Waals surface area contributed by atoms with Gasteiger partial charge in [-0.3, -0.25) is 9.59 Å². The Kier molecular flexibility index (Phi) is 4.83. The molecule has 130 valence electrons.